The molecule has 0 saturated carbocycles. The number of hydrogen-bond acceptors (Lipinski definition) is 2. The van der Waals surface area contributed by atoms with Crippen LogP contribution in [-0.4, -0.2) is 15.9 Å². The standard InChI is InChI=1S/C19H21N3O/c1-13-3-7-16(8-4-13)14(2)22-19(23)10-6-15-5-9-17-18(11-15)21-12-20-17/h3-5,7-9,11-12,14H,6,10H2,1-2H3,(H,20,21)(H,22,23)/t14-/m1/s1. The van der Waals surface area contributed by atoms with Gasteiger partial charge >= 0.3 is 0 Å². The first kappa shape index (κ1) is 15.3. The minimum absolute atomic E-state index is 0.0261. The number of nitrogens with one attached hydrogen (secondary N) is 2. The molecule has 1 amide bonds. The second kappa shape index (κ2) is 6.65. The van der Waals surface area contributed by atoms with Crippen LogP contribution in [0.25, 0.3) is 11.0 Å². The van der Waals surface area contributed by atoms with E-state index < -0.39 is 0 Å². The monoisotopic (exact) mass is 307 g/mol. The van der Waals surface area contributed by atoms with Gasteiger partial charge < -0.3 is 10.3 Å². The number of imidazole rings is 1. The number of aromatic nitrogens is 2. The maximum Gasteiger partial charge on any atom is 0.220 e. The van der Waals surface area contributed by atoms with Gasteiger partial charge in [0.2, 0.25) is 5.91 Å². The quantitative estimate of drug-likeness (QED) is 0.755. The Hall–Kier alpha value is -2.62. The van der Waals surface area contributed by atoms with Crippen LogP contribution in [0.3, 0.4) is 0 Å². The molecule has 0 saturated heterocycles. The van der Waals surface area contributed by atoms with Gasteiger partial charge in [-0.2, -0.15) is 0 Å². The third-order valence-corrected chi connectivity index (χ3v) is 4.08. The van der Waals surface area contributed by atoms with Crippen molar-refractivity contribution in [3.63, 3.8) is 0 Å². The molecule has 0 aliphatic rings. The Kier molecular flexibility index (Phi) is 4.42. The minimum Gasteiger partial charge on any atom is -0.350 e. The third-order valence-electron chi connectivity index (χ3n) is 4.08. The first-order valence-electron chi connectivity index (χ1n) is 7.90. The Balaban J connectivity index is 1.55. The Labute approximate surface area is 136 Å². The maximum absolute atomic E-state index is 12.1. The van der Waals surface area contributed by atoms with E-state index in [1.54, 1.807) is 6.33 Å². The lowest BCUT2D eigenvalue weighted by Gasteiger charge is -2.14. The first-order valence-corrected chi connectivity index (χ1v) is 7.90. The summed E-state index contributed by atoms with van der Waals surface area (Å²) >= 11 is 0. The predicted molar refractivity (Wildman–Crippen MR) is 92.2 cm³/mol. The lowest BCUT2D eigenvalue weighted by Crippen LogP contribution is -2.26. The molecule has 4 nitrogen and oxygen atoms in total. The number of amides is 1. The van der Waals surface area contributed by atoms with Crippen molar-refractivity contribution in [2.24, 2.45) is 0 Å². The molecular formula is C19H21N3O. The summed E-state index contributed by atoms with van der Waals surface area (Å²) in [4.78, 5) is 19.4. The summed E-state index contributed by atoms with van der Waals surface area (Å²) < 4.78 is 0. The molecule has 0 unspecified atom stereocenters. The Morgan fingerprint density at radius 1 is 1.22 bits per heavy atom. The van der Waals surface area contributed by atoms with Crippen molar-refractivity contribution in [1.29, 1.82) is 0 Å². The number of carbonyl (C=O) groups excluding carboxylic acids is 1. The lowest BCUT2D eigenvalue weighted by atomic mass is 10.1. The summed E-state index contributed by atoms with van der Waals surface area (Å²) in [7, 11) is 0. The van der Waals surface area contributed by atoms with Crippen LogP contribution in [0.15, 0.2) is 48.8 Å². The molecule has 2 N–H and O–H groups in total. The highest BCUT2D eigenvalue weighted by Crippen LogP contribution is 2.15. The van der Waals surface area contributed by atoms with Crippen molar-refractivity contribution >= 4 is 16.9 Å². The van der Waals surface area contributed by atoms with Gasteiger partial charge in [-0.25, -0.2) is 4.98 Å². The van der Waals surface area contributed by atoms with E-state index in [0.717, 1.165) is 28.6 Å². The van der Waals surface area contributed by atoms with E-state index in [1.807, 2.05) is 19.1 Å². The van der Waals surface area contributed by atoms with Gasteiger partial charge in [0.05, 0.1) is 23.4 Å². The maximum atomic E-state index is 12.1. The van der Waals surface area contributed by atoms with Crippen molar-refractivity contribution in [2.75, 3.05) is 0 Å². The number of aromatic amines is 1. The van der Waals surface area contributed by atoms with Gasteiger partial charge in [0.15, 0.2) is 0 Å². The molecule has 0 bridgehead atoms. The van der Waals surface area contributed by atoms with Crippen molar-refractivity contribution in [2.45, 2.75) is 32.7 Å². The summed E-state index contributed by atoms with van der Waals surface area (Å²) in [5.41, 5.74) is 5.45. The van der Waals surface area contributed by atoms with Crippen LogP contribution in [0.1, 0.15) is 36.1 Å². The highest BCUT2D eigenvalue weighted by molar-refractivity contribution is 5.78. The molecule has 2 aromatic carbocycles. The van der Waals surface area contributed by atoms with Crippen LogP contribution in [0, 0.1) is 6.92 Å². The van der Waals surface area contributed by atoms with Crippen molar-refractivity contribution in [3.8, 4) is 0 Å². The van der Waals surface area contributed by atoms with Crippen LogP contribution in [0.4, 0.5) is 0 Å². The number of benzene rings is 2. The molecule has 118 valence electrons. The topological polar surface area (TPSA) is 57.8 Å². The average Bonchev–Trinajstić information content (AvgIpc) is 3.01. The molecule has 0 spiro atoms. The second-order valence-corrected chi connectivity index (χ2v) is 5.95. The SMILES string of the molecule is Cc1ccc([C@@H](C)NC(=O)CCc2ccc3nc[nH]c3c2)cc1. The highest BCUT2D eigenvalue weighted by Gasteiger charge is 2.09. The first-order chi connectivity index (χ1) is 11.1. The van der Waals surface area contributed by atoms with Gasteiger partial charge in [0.25, 0.3) is 0 Å². The number of carbonyl (C=O) groups is 1. The van der Waals surface area contributed by atoms with Gasteiger partial charge in [0, 0.05) is 6.42 Å². The van der Waals surface area contributed by atoms with Gasteiger partial charge in [-0.05, 0) is 43.5 Å². The highest BCUT2D eigenvalue weighted by atomic mass is 16.1. The van der Waals surface area contributed by atoms with Crippen LogP contribution >= 0.6 is 0 Å². The number of H-pyrrole nitrogens is 1. The molecule has 1 aromatic heterocycles. The molecule has 23 heavy (non-hydrogen) atoms. The van der Waals surface area contributed by atoms with E-state index in [0.29, 0.717) is 6.42 Å². The van der Waals surface area contributed by atoms with Crippen LogP contribution in [0.2, 0.25) is 0 Å². The van der Waals surface area contributed by atoms with Gasteiger partial charge in [0.1, 0.15) is 0 Å². The van der Waals surface area contributed by atoms with E-state index >= 15 is 0 Å². The lowest BCUT2D eigenvalue weighted by molar-refractivity contribution is -0.121. The molecule has 4 heteroatoms. The number of fused-ring (bicyclic) bond motifs is 1. The van der Waals surface area contributed by atoms with Crippen LogP contribution in [0.5, 0.6) is 0 Å². The zero-order valence-corrected chi connectivity index (χ0v) is 13.5. The fourth-order valence-corrected chi connectivity index (χ4v) is 2.65. The summed E-state index contributed by atoms with van der Waals surface area (Å²) in [6, 6.07) is 14.3. The Bertz CT molecular complexity index is 805. The number of hydrogen-bond donors (Lipinski definition) is 2. The van der Waals surface area contributed by atoms with Gasteiger partial charge in [-0.3, -0.25) is 4.79 Å². The van der Waals surface area contributed by atoms with Gasteiger partial charge in [-0.15, -0.1) is 0 Å². The van der Waals surface area contributed by atoms with E-state index in [-0.39, 0.29) is 11.9 Å². The zero-order chi connectivity index (χ0) is 16.2. The molecule has 0 aliphatic heterocycles. The van der Waals surface area contributed by atoms with E-state index in [4.69, 9.17) is 0 Å². The largest absolute Gasteiger partial charge is 0.350 e. The summed E-state index contributed by atoms with van der Waals surface area (Å²) in [6.45, 7) is 4.07. The predicted octanol–water partition coefficient (Wildman–Crippen LogP) is 3.68. The molecule has 0 fully saturated rings. The summed E-state index contributed by atoms with van der Waals surface area (Å²) in [5.74, 6) is 0.0720. The number of nitrogens with zero attached hydrogens (tertiary/aromatic N) is 1. The minimum atomic E-state index is 0.0261. The normalized spacial score (nSPS) is 12.3. The van der Waals surface area contributed by atoms with Crippen LogP contribution < -0.4 is 5.32 Å². The molecular weight excluding hydrogens is 286 g/mol. The summed E-state index contributed by atoms with van der Waals surface area (Å²) in [6.07, 6.45) is 2.89. The average molecular weight is 307 g/mol. The van der Waals surface area contributed by atoms with E-state index in [1.165, 1.54) is 5.56 Å². The Morgan fingerprint density at radius 3 is 2.78 bits per heavy atom. The molecule has 3 rings (SSSR count). The molecule has 0 aliphatic carbocycles. The molecule has 1 heterocycles. The van der Waals surface area contributed by atoms with Crippen molar-refractivity contribution in [1.82, 2.24) is 15.3 Å². The van der Waals surface area contributed by atoms with Crippen molar-refractivity contribution in [3.05, 3.63) is 65.5 Å². The number of aryl methyl sites for hydroxylation is 2. The van der Waals surface area contributed by atoms with Crippen LogP contribution in [-0.2, 0) is 11.2 Å². The fraction of sp³-hybridized carbons (Fsp3) is 0.263. The second-order valence-electron chi connectivity index (χ2n) is 5.95. The van der Waals surface area contributed by atoms with E-state index in [9.17, 15) is 4.79 Å². The molecule has 0 radical (unpaired) electrons. The molecule has 1 atom stereocenters. The van der Waals surface area contributed by atoms with Crippen molar-refractivity contribution < 1.29 is 4.79 Å². The van der Waals surface area contributed by atoms with E-state index in [2.05, 4.69) is 52.5 Å². The summed E-state index contributed by atoms with van der Waals surface area (Å²) in [5, 5.41) is 3.06. The fourth-order valence-electron chi connectivity index (χ4n) is 2.65. The zero-order valence-electron chi connectivity index (χ0n) is 13.5. The third kappa shape index (κ3) is 3.77. The van der Waals surface area contributed by atoms with Gasteiger partial charge in [-0.1, -0.05) is 35.9 Å². The Morgan fingerprint density at radius 2 is 2.00 bits per heavy atom. The number of rotatable bonds is 5. The smallest absolute Gasteiger partial charge is 0.220 e. The molecule has 3 aromatic rings.